The molecule has 0 fully saturated rings. The highest BCUT2D eigenvalue weighted by atomic mass is 28.4. The van der Waals surface area contributed by atoms with Crippen molar-refractivity contribution in [2.75, 3.05) is 7.11 Å². The lowest BCUT2D eigenvalue weighted by Crippen LogP contribution is -2.44. The summed E-state index contributed by atoms with van der Waals surface area (Å²) < 4.78 is 11.2. The maximum atomic E-state index is 12.9. The Morgan fingerprint density at radius 1 is 0.900 bits per heavy atom. The normalized spacial score (nSPS) is 11.8. The zero-order valence-electron chi connectivity index (χ0n) is 18.1. The van der Waals surface area contributed by atoms with Crippen LogP contribution in [0.5, 0.6) is 28.7 Å². The number of rotatable bonds is 7. The summed E-state index contributed by atoms with van der Waals surface area (Å²) in [6.07, 6.45) is -0.557. The number of hydrogen-bond acceptors (Lipinski definition) is 7. The summed E-state index contributed by atoms with van der Waals surface area (Å²) in [6, 6.07) is 7.81. The third kappa shape index (κ3) is 4.59. The Morgan fingerprint density at radius 2 is 1.47 bits per heavy atom. The summed E-state index contributed by atoms with van der Waals surface area (Å²) >= 11 is 0. The second-order valence-corrected chi connectivity index (χ2v) is 13.3. The zero-order chi connectivity index (χ0) is 22.9. The fourth-order valence-corrected chi connectivity index (χ4v) is 3.58. The number of benzene rings is 2. The van der Waals surface area contributed by atoms with Crippen LogP contribution in [0.4, 0.5) is 0 Å². The van der Waals surface area contributed by atoms with Gasteiger partial charge in [0.05, 0.1) is 24.7 Å². The predicted molar refractivity (Wildman–Crippen MR) is 116 cm³/mol. The number of ketones is 2. The SMILES string of the molecule is COc1cc(C(=O)CC(=O)c2ccccc2O[Si](C)(C)C(C)(C)C)c(O)c(O)c1O. The topological polar surface area (TPSA) is 113 Å². The van der Waals surface area contributed by atoms with Crippen LogP contribution in [0.15, 0.2) is 30.3 Å². The van der Waals surface area contributed by atoms with E-state index in [1.807, 2.05) is 0 Å². The molecule has 0 atom stereocenters. The van der Waals surface area contributed by atoms with Gasteiger partial charge >= 0.3 is 0 Å². The van der Waals surface area contributed by atoms with E-state index in [2.05, 4.69) is 33.9 Å². The van der Waals surface area contributed by atoms with Crippen LogP contribution in [0, 0.1) is 0 Å². The Balaban J connectivity index is 2.34. The molecule has 30 heavy (non-hydrogen) atoms. The van der Waals surface area contributed by atoms with E-state index in [4.69, 9.17) is 9.16 Å². The monoisotopic (exact) mass is 432 g/mol. The standard InChI is InChI=1S/C22H28O7Si/c1-22(2,3)30(5,6)29-17-10-8-7-9-13(17)15(23)12-16(24)14-11-18(28-4)20(26)21(27)19(14)25/h7-11,25-27H,12H2,1-6H3. The summed E-state index contributed by atoms with van der Waals surface area (Å²) in [4.78, 5) is 25.6. The molecule has 0 amide bonds. The van der Waals surface area contributed by atoms with E-state index < -0.39 is 43.6 Å². The van der Waals surface area contributed by atoms with Crippen molar-refractivity contribution < 1.29 is 34.1 Å². The molecule has 2 aromatic rings. The lowest BCUT2D eigenvalue weighted by molar-refractivity contribution is 0.0891. The lowest BCUT2D eigenvalue weighted by atomic mass is 9.99. The van der Waals surface area contributed by atoms with Gasteiger partial charge in [0.1, 0.15) is 5.75 Å². The summed E-state index contributed by atoms with van der Waals surface area (Å²) in [5.74, 6) is -3.37. The van der Waals surface area contributed by atoms with Gasteiger partial charge in [-0.3, -0.25) is 9.59 Å². The number of carbonyl (C=O) groups excluding carboxylic acids is 2. The van der Waals surface area contributed by atoms with Gasteiger partial charge in [0.2, 0.25) is 11.5 Å². The molecule has 8 heteroatoms. The third-order valence-electron chi connectivity index (χ3n) is 5.41. The van der Waals surface area contributed by atoms with Crippen LogP contribution in [0.25, 0.3) is 0 Å². The first-order valence-electron chi connectivity index (χ1n) is 9.46. The third-order valence-corrected chi connectivity index (χ3v) is 9.76. The van der Waals surface area contributed by atoms with Crippen molar-refractivity contribution in [1.29, 1.82) is 0 Å². The zero-order valence-corrected chi connectivity index (χ0v) is 19.1. The summed E-state index contributed by atoms with van der Waals surface area (Å²) in [5, 5.41) is 29.5. The molecule has 0 spiro atoms. The molecular formula is C22H28O7Si. The van der Waals surface area contributed by atoms with E-state index >= 15 is 0 Å². The number of Topliss-reactive ketones (excluding diaryl/α,β-unsaturated/α-hetero) is 2. The van der Waals surface area contributed by atoms with Gasteiger partial charge in [-0.25, -0.2) is 0 Å². The van der Waals surface area contributed by atoms with Crippen molar-refractivity contribution in [3.8, 4) is 28.7 Å². The highest BCUT2D eigenvalue weighted by Gasteiger charge is 2.39. The molecular weight excluding hydrogens is 404 g/mol. The van der Waals surface area contributed by atoms with Crippen LogP contribution in [-0.4, -0.2) is 42.3 Å². The number of phenolic OH excluding ortho intramolecular Hbond substituents is 3. The number of ether oxygens (including phenoxy) is 1. The average molecular weight is 433 g/mol. The predicted octanol–water partition coefficient (Wildman–Crippen LogP) is 4.65. The number of methoxy groups -OCH3 is 1. The van der Waals surface area contributed by atoms with Crippen LogP contribution < -0.4 is 9.16 Å². The molecule has 0 saturated heterocycles. The van der Waals surface area contributed by atoms with Crippen molar-refractivity contribution in [2.24, 2.45) is 0 Å². The molecule has 0 heterocycles. The minimum Gasteiger partial charge on any atom is -0.543 e. The maximum absolute atomic E-state index is 12.9. The van der Waals surface area contributed by atoms with Gasteiger partial charge in [-0.2, -0.15) is 0 Å². The van der Waals surface area contributed by atoms with Crippen LogP contribution in [0.3, 0.4) is 0 Å². The number of para-hydroxylation sites is 1. The molecule has 0 aliphatic carbocycles. The first kappa shape index (κ1) is 23.3. The first-order valence-corrected chi connectivity index (χ1v) is 12.4. The molecule has 0 aliphatic rings. The molecule has 2 aromatic carbocycles. The molecule has 0 radical (unpaired) electrons. The number of carbonyl (C=O) groups is 2. The van der Waals surface area contributed by atoms with Gasteiger partial charge in [0, 0.05) is 0 Å². The van der Waals surface area contributed by atoms with E-state index in [0.29, 0.717) is 5.75 Å². The van der Waals surface area contributed by atoms with Gasteiger partial charge in [-0.15, -0.1) is 0 Å². The van der Waals surface area contributed by atoms with E-state index in [1.165, 1.54) is 7.11 Å². The molecule has 7 nitrogen and oxygen atoms in total. The Labute approximate surface area is 177 Å². The van der Waals surface area contributed by atoms with E-state index in [0.717, 1.165) is 6.07 Å². The molecule has 0 bridgehead atoms. The van der Waals surface area contributed by atoms with E-state index in [-0.39, 0.29) is 21.9 Å². The average Bonchev–Trinajstić information content (AvgIpc) is 2.65. The van der Waals surface area contributed by atoms with E-state index in [9.17, 15) is 24.9 Å². The van der Waals surface area contributed by atoms with Crippen molar-refractivity contribution >= 4 is 19.9 Å². The quantitative estimate of drug-likeness (QED) is 0.252. The first-order chi connectivity index (χ1) is 13.8. The fraction of sp³-hybridized carbons (Fsp3) is 0.364. The van der Waals surface area contributed by atoms with Crippen molar-refractivity contribution in [3.05, 3.63) is 41.5 Å². The highest BCUT2D eigenvalue weighted by Crippen LogP contribution is 2.45. The molecule has 162 valence electrons. The molecule has 0 aliphatic heterocycles. The second-order valence-electron chi connectivity index (χ2n) is 8.55. The Bertz CT molecular complexity index is 974. The molecule has 2 rings (SSSR count). The fourth-order valence-electron chi connectivity index (χ4n) is 2.54. The second kappa shape index (κ2) is 8.39. The smallest absolute Gasteiger partial charge is 0.250 e. The van der Waals surface area contributed by atoms with Crippen LogP contribution in [-0.2, 0) is 0 Å². The van der Waals surface area contributed by atoms with E-state index in [1.54, 1.807) is 24.3 Å². The molecule has 3 N–H and O–H groups in total. The maximum Gasteiger partial charge on any atom is 0.250 e. The Hall–Kier alpha value is -3.00. The number of hydrogen-bond donors (Lipinski definition) is 3. The Kier molecular flexibility index (Phi) is 6.51. The van der Waals surface area contributed by atoms with Gasteiger partial charge in [0.15, 0.2) is 23.1 Å². The minimum atomic E-state index is -2.22. The van der Waals surface area contributed by atoms with Crippen molar-refractivity contribution in [1.82, 2.24) is 0 Å². The summed E-state index contributed by atoms with van der Waals surface area (Å²) in [5.41, 5.74) is -0.0524. The lowest BCUT2D eigenvalue weighted by Gasteiger charge is -2.36. The molecule has 0 saturated carbocycles. The summed E-state index contributed by atoms with van der Waals surface area (Å²) in [6.45, 7) is 10.4. The number of aromatic hydroxyl groups is 3. The Morgan fingerprint density at radius 3 is 2.03 bits per heavy atom. The van der Waals surface area contributed by atoms with Gasteiger partial charge < -0.3 is 24.5 Å². The summed E-state index contributed by atoms with van der Waals surface area (Å²) in [7, 11) is -0.981. The minimum absolute atomic E-state index is 0.0785. The number of phenols is 3. The van der Waals surface area contributed by atoms with Crippen LogP contribution in [0.1, 0.15) is 47.9 Å². The largest absolute Gasteiger partial charge is 0.543 e. The van der Waals surface area contributed by atoms with Gasteiger partial charge in [0.25, 0.3) is 8.32 Å². The molecule has 0 unspecified atom stereocenters. The van der Waals surface area contributed by atoms with Crippen LogP contribution >= 0.6 is 0 Å². The van der Waals surface area contributed by atoms with Crippen molar-refractivity contribution in [3.63, 3.8) is 0 Å². The van der Waals surface area contributed by atoms with Gasteiger partial charge in [-0.05, 0) is 36.3 Å². The van der Waals surface area contributed by atoms with Crippen LogP contribution in [0.2, 0.25) is 18.1 Å². The molecule has 0 aromatic heterocycles. The van der Waals surface area contributed by atoms with Crippen molar-refractivity contribution in [2.45, 2.75) is 45.3 Å². The highest BCUT2D eigenvalue weighted by molar-refractivity contribution is 6.74. The van der Waals surface area contributed by atoms with Gasteiger partial charge in [-0.1, -0.05) is 32.9 Å².